The molecule has 8 heteroatoms. The predicted octanol–water partition coefficient (Wildman–Crippen LogP) is 4.31. The number of morpholine rings is 1. The molecule has 1 fully saturated rings. The van der Waals surface area contributed by atoms with Gasteiger partial charge in [-0.25, -0.2) is 0 Å². The lowest BCUT2D eigenvalue weighted by atomic mass is 10.1. The van der Waals surface area contributed by atoms with Gasteiger partial charge in [0.1, 0.15) is 16.9 Å². The fourth-order valence-corrected chi connectivity index (χ4v) is 4.04. The monoisotopic (exact) mass is 403 g/mol. The minimum atomic E-state index is -2.84. The van der Waals surface area contributed by atoms with Crippen molar-refractivity contribution >= 4 is 16.5 Å². The second-order valence-corrected chi connectivity index (χ2v) is 7.44. The molecule has 146 valence electrons. The third-order valence-corrected chi connectivity index (χ3v) is 5.43. The summed E-state index contributed by atoms with van der Waals surface area (Å²) in [6, 6.07) is 16.8. The van der Waals surface area contributed by atoms with Crippen LogP contribution in [0.1, 0.15) is 22.2 Å². The van der Waals surface area contributed by atoms with E-state index in [4.69, 9.17) is 4.74 Å². The summed E-state index contributed by atoms with van der Waals surface area (Å²) in [5, 5.41) is 10.5. The van der Waals surface area contributed by atoms with E-state index in [1.165, 1.54) is 11.6 Å². The summed E-state index contributed by atoms with van der Waals surface area (Å²) in [4.78, 5) is 2.13. The fraction of sp³-hybridized carbons (Fsp3) is 0.300. The molecule has 1 aliphatic rings. The minimum Gasteiger partial charge on any atom is -0.435 e. The second kappa shape index (κ2) is 8.62. The highest BCUT2D eigenvalue weighted by Gasteiger charge is 2.25. The van der Waals surface area contributed by atoms with Gasteiger partial charge in [-0.05, 0) is 23.3 Å². The summed E-state index contributed by atoms with van der Waals surface area (Å²) in [5.74, 6) is 0.134. The van der Waals surface area contributed by atoms with E-state index in [2.05, 4.69) is 32.0 Å². The highest BCUT2D eigenvalue weighted by Crippen LogP contribution is 2.30. The molecule has 1 aromatic heterocycles. The molecule has 1 aliphatic heterocycles. The molecule has 2 aromatic carbocycles. The van der Waals surface area contributed by atoms with Crippen molar-refractivity contribution in [2.75, 3.05) is 24.6 Å². The van der Waals surface area contributed by atoms with E-state index in [1.54, 1.807) is 23.5 Å². The van der Waals surface area contributed by atoms with E-state index >= 15 is 0 Å². The summed E-state index contributed by atoms with van der Waals surface area (Å²) in [6.07, 6.45) is 0.510. The summed E-state index contributed by atoms with van der Waals surface area (Å²) >= 11 is 1.57. The van der Waals surface area contributed by atoms with Crippen molar-refractivity contribution in [1.82, 2.24) is 10.2 Å². The van der Waals surface area contributed by atoms with Crippen molar-refractivity contribution in [2.45, 2.75) is 19.1 Å². The highest BCUT2D eigenvalue weighted by molar-refractivity contribution is 7.15. The Labute approximate surface area is 165 Å². The second-order valence-electron chi connectivity index (χ2n) is 6.40. The molecule has 1 saturated heterocycles. The van der Waals surface area contributed by atoms with Crippen LogP contribution >= 0.6 is 11.3 Å². The number of alkyl halides is 2. The van der Waals surface area contributed by atoms with Gasteiger partial charge in [0.2, 0.25) is 5.13 Å². The first-order chi connectivity index (χ1) is 13.7. The molecule has 0 aliphatic carbocycles. The largest absolute Gasteiger partial charge is 0.435 e. The molecule has 2 heterocycles. The number of hydrogen-bond donors (Lipinski definition) is 0. The molecule has 0 amide bonds. The van der Waals surface area contributed by atoms with Crippen molar-refractivity contribution in [2.24, 2.45) is 0 Å². The van der Waals surface area contributed by atoms with Crippen LogP contribution in [-0.4, -0.2) is 36.5 Å². The van der Waals surface area contributed by atoms with Gasteiger partial charge in [-0.3, -0.25) is 0 Å². The lowest BCUT2D eigenvalue weighted by Gasteiger charge is -2.32. The molecule has 0 N–H and O–H groups in total. The fourth-order valence-electron chi connectivity index (χ4n) is 3.13. The van der Waals surface area contributed by atoms with Crippen LogP contribution in [0.4, 0.5) is 13.9 Å². The molecule has 1 atom stereocenters. The molecule has 4 rings (SSSR count). The normalized spacial score (nSPS) is 17.1. The molecule has 28 heavy (non-hydrogen) atoms. The maximum atomic E-state index is 12.5. The first-order valence-electron chi connectivity index (χ1n) is 8.95. The number of aromatic nitrogens is 2. The quantitative estimate of drug-likeness (QED) is 0.614. The molecule has 5 nitrogen and oxygen atoms in total. The van der Waals surface area contributed by atoms with E-state index in [1.807, 2.05) is 24.3 Å². The van der Waals surface area contributed by atoms with E-state index in [0.717, 1.165) is 22.1 Å². The number of ether oxygens (including phenoxy) is 2. The molecule has 0 saturated carbocycles. The highest BCUT2D eigenvalue weighted by atomic mass is 32.1. The Morgan fingerprint density at radius 2 is 2.00 bits per heavy atom. The van der Waals surface area contributed by atoms with Crippen LogP contribution in [-0.2, 0) is 11.2 Å². The molecule has 0 spiro atoms. The number of halogens is 2. The van der Waals surface area contributed by atoms with Crippen molar-refractivity contribution in [3.8, 4) is 5.75 Å². The van der Waals surface area contributed by atoms with Gasteiger partial charge < -0.3 is 14.4 Å². The molecule has 0 bridgehead atoms. The number of anilines is 1. The van der Waals surface area contributed by atoms with Gasteiger partial charge in [0.15, 0.2) is 0 Å². The lowest BCUT2D eigenvalue weighted by Crippen LogP contribution is -2.38. The summed E-state index contributed by atoms with van der Waals surface area (Å²) in [5.41, 5.74) is 2.00. The SMILES string of the molecule is FC(F)Oc1cccc(C2CN(c3nnc(Cc4ccccc4)s3)CCO2)c1. The van der Waals surface area contributed by atoms with Gasteiger partial charge in [0, 0.05) is 13.0 Å². The van der Waals surface area contributed by atoms with Crippen LogP contribution in [0.15, 0.2) is 54.6 Å². The van der Waals surface area contributed by atoms with Gasteiger partial charge in [0.25, 0.3) is 0 Å². The Hall–Kier alpha value is -2.58. The van der Waals surface area contributed by atoms with Crippen LogP contribution < -0.4 is 9.64 Å². The molecule has 0 radical (unpaired) electrons. The smallest absolute Gasteiger partial charge is 0.387 e. The average Bonchev–Trinajstić information content (AvgIpc) is 3.17. The number of hydrogen-bond acceptors (Lipinski definition) is 6. The summed E-state index contributed by atoms with van der Waals surface area (Å²) in [6.45, 7) is -1.02. The Morgan fingerprint density at radius 1 is 1.14 bits per heavy atom. The Morgan fingerprint density at radius 3 is 2.82 bits per heavy atom. The van der Waals surface area contributed by atoms with Gasteiger partial charge >= 0.3 is 6.61 Å². The van der Waals surface area contributed by atoms with Crippen LogP contribution in [0.25, 0.3) is 0 Å². The lowest BCUT2D eigenvalue weighted by molar-refractivity contribution is -0.0501. The van der Waals surface area contributed by atoms with E-state index in [0.29, 0.717) is 19.7 Å². The average molecular weight is 403 g/mol. The zero-order chi connectivity index (χ0) is 19.3. The Bertz CT molecular complexity index is 907. The predicted molar refractivity (Wildman–Crippen MR) is 103 cm³/mol. The number of rotatable bonds is 6. The third-order valence-electron chi connectivity index (χ3n) is 4.45. The van der Waals surface area contributed by atoms with Crippen LogP contribution in [0.2, 0.25) is 0 Å². The van der Waals surface area contributed by atoms with E-state index in [9.17, 15) is 8.78 Å². The van der Waals surface area contributed by atoms with E-state index < -0.39 is 6.61 Å². The van der Waals surface area contributed by atoms with Crippen molar-refractivity contribution in [3.05, 3.63) is 70.7 Å². The van der Waals surface area contributed by atoms with Crippen LogP contribution in [0, 0.1) is 0 Å². The van der Waals surface area contributed by atoms with Crippen LogP contribution in [0.3, 0.4) is 0 Å². The Balaban J connectivity index is 1.44. The Kier molecular flexibility index (Phi) is 5.78. The van der Waals surface area contributed by atoms with E-state index in [-0.39, 0.29) is 11.9 Å². The molecular weight excluding hydrogens is 384 g/mol. The zero-order valence-corrected chi connectivity index (χ0v) is 15.8. The minimum absolute atomic E-state index is 0.134. The van der Waals surface area contributed by atoms with Crippen molar-refractivity contribution in [3.63, 3.8) is 0 Å². The first-order valence-corrected chi connectivity index (χ1v) is 9.76. The standard InChI is InChI=1S/C20H19F2N3O2S/c21-19(22)27-16-8-4-7-15(12-16)17-13-25(9-10-26-17)20-24-23-18(28-20)11-14-5-2-1-3-6-14/h1-8,12,17,19H,9-11,13H2. The van der Waals surface area contributed by atoms with Gasteiger partial charge in [-0.1, -0.05) is 53.8 Å². The maximum absolute atomic E-state index is 12.5. The number of benzene rings is 2. The molecule has 3 aromatic rings. The van der Waals surface area contributed by atoms with Crippen molar-refractivity contribution in [1.29, 1.82) is 0 Å². The zero-order valence-electron chi connectivity index (χ0n) is 15.0. The first kappa shape index (κ1) is 18.8. The summed E-state index contributed by atoms with van der Waals surface area (Å²) < 4.78 is 35.3. The number of nitrogens with zero attached hydrogens (tertiary/aromatic N) is 3. The van der Waals surface area contributed by atoms with Crippen molar-refractivity contribution < 1.29 is 18.3 Å². The van der Waals surface area contributed by atoms with Gasteiger partial charge in [-0.2, -0.15) is 8.78 Å². The molecule has 1 unspecified atom stereocenters. The third kappa shape index (κ3) is 4.63. The maximum Gasteiger partial charge on any atom is 0.387 e. The van der Waals surface area contributed by atoms with Gasteiger partial charge in [0.05, 0.1) is 13.2 Å². The summed E-state index contributed by atoms with van der Waals surface area (Å²) in [7, 11) is 0. The van der Waals surface area contributed by atoms with Gasteiger partial charge in [-0.15, -0.1) is 10.2 Å². The topological polar surface area (TPSA) is 47.5 Å². The molecular formula is C20H19F2N3O2S. The van der Waals surface area contributed by atoms with Crippen LogP contribution in [0.5, 0.6) is 5.75 Å².